The molecule has 0 spiro atoms. The molecule has 1 aromatic rings. The van der Waals surface area contributed by atoms with Crippen LogP contribution in [0.3, 0.4) is 0 Å². The van der Waals surface area contributed by atoms with Gasteiger partial charge in [-0.3, -0.25) is 0 Å². The first-order chi connectivity index (χ1) is 11.7. The van der Waals surface area contributed by atoms with E-state index in [-0.39, 0.29) is 0 Å². The number of hydrogen-bond donors (Lipinski definition) is 0. The highest BCUT2D eigenvalue weighted by Gasteiger charge is 2.46. The molecule has 0 saturated carbocycles. The molecule has 0 aromatic heterocycles. The Morgan fingerprint density at radius 2 is 1.72 bits per heavy atom. The predicted octanol–water partition coefficient (Wildman–Crippen LogP) is 3.65. The number of alkyl halides is 3. The number of rotatable bonds is 5. The van der Waals surface area contributed by atoms with Crippen molar-refractivity contribution in [3.63, 3.8) is 0 Å². The maximum absolute atomic E-state index is 12.5. The summed E-state index contributed by atoms with van der Waals surface area (Å²) in [6.07, 6.45) is 8.28. The molecular weight excluding hydrogens is 377 g/mol. The van der Waals surface area contributed by atoms with Gasteiger partial charge in [-0.1, -0.05) is 30.4 Å². The van der Waals surface area contributed by atoms with Crippen LogP contribution < -0.4 is 0 Å². The number of ether oxygens (including phenoxy) is 2. The minimum absolute atomic E-state index is 0.326. The third-order valence-corrected chi connectivity index (χ3v) is 5.83. The summed E-state index contributed by atoms with van der Waals surface area (Å²) in [5.41, 5.74) is -4.73. The van der Waals surface area contributed by atoms with Crippen molar-refractivity contribution in [3.8, 4) is 0 Å². The van der Waals surface area contributed by atoms with Gasteiger partial charge in [-0.15, -0.1) is 0 Å². The molecule has 0 aliphatic carbocycles. The van der Waals surface area contributed by atoms with Crippen molar-refractivity contribution in [1.82, 2.24) is 0 Å². The van der Waals surface area contributed by atoms with Crippen LogP contribution in [0.25, 0.3) is 6.08 Å². The quantitative estimate of drug-likeness (QED) is 0.714. The molecule has 1 saturated heterocycles. The van der Waals surface area contributed by atoms with Crippen molar-refractivity contribution < 1.29 is 31.1 Å². The van der Waals surface area contributed by atoms with E-state index in [0.717, 1.165) is 12.1 Å². The summed E-state index contributed by atoms with van der Waals surface area (Å²) in [7, 11) is -5.31. The predicted molar refractivity (Wildman–Crippen MR) is 90.9 cm³/mol. The Labute approximate surface area is 148 Å². The lowest BCUT2D eigenvalue weighted by Crippen LogP contribution is -2.32. The topological polar surface area (TPSA) is 52.6 Å². The van der Waals surface area contributed by atoms with Gasteiger partial charge in [-0.05, 0) is 30.0 Å². The van der Waals surface area contributed by atoms with E-state index in [1.807, 2.05) is 6.26 Å². The standard InChI is InChI=1S/C16H17F3O4S2/c1-24-13-10-22-15(23-11-13)5-3-2-4-12-6-8-14(9-7-12)25(20,21)16(17,18)19/h2-9,13,15H,10-11H2,1H3. The Bertz CT molecular complexity index is 717. The normalized spacial score (nSPS) is 22.7. The van der Waals surface area contributed by atoms with Crippen LogP contribution in [0.2, 0.25) is 0 Å². The van der Waals surface area contributed by atoms with Crippen LogP contribution in [-0.4, -0.2) is 44.9 Å². The highest BCUT2D eigenvalue weighted by molar-refractivity contribution is 7.99. The molecule has 1 aromatic carbocycles. The summed E-state index contributed by atoms with van der Waals surface area (Å²) in [5.74, 6) is 0. The Kier molecular flexibility index (Phi) is 6.72. The smallest absolute Gasteiger partial charge is 0.348 e. The molecule has 1 heterocycles. The Morgan fingerprint density at radius 3 is 2.24 bits per heavy atom. The number of allylic oxidation sites excluding steroid dienone is 2. The number of hydrogen-bond acceptors (Lipinski definition) is 5. The van der Waals surface area contributed by atoms with Crippen LogP contribution in [0.5, 0.6) is 0 Å². The van der Waals surface area contributed by atoms with E-state index < -0.39 is 26.5 Å². The van der Waals surface area contributed by atoms with Crippen LogP contribution in [-0.2, 0) is 19.3 Å². The molecule has 2 rings (SSSR count). The van der Waals surface area contributed by atoms with Crippen molar-refractivity contribution >= 4 is 27.7 Å². The van der Waals surface area contributed by atoms with E-state index in [1.165, 1.54) is 12.1 Å². The van der Waals surface area contributed by atoms with Gasteiger partial charge in [0.25, 0.3) is 9.84 Å². The average Bonchev–Trinajstić information content (AvgIpc) is 2.58. The van der Waals surface area contributed by atoms with Crippen LogP contribution in [0, 0.1) is 0 Å². The number of thioether (sulfide) groups is 1. The monoisotopic (exact) mass is 394 g/mol. The third kappa shape index (κ3) is 5.34. The van der Waals surface area contributed by atoms with Crippen LogP contribution >= 0.6 is 11.8 Å². The van der Waals surface area contributed by atoms with Gasteiger partial charge in [-0.2, -0.15) is 24.9 Å². The molecule has 9 heteroatoms. The molecule has 0 unspecified atom stereocenters. The lowest BCUT2D eigenvalue weighted by molar-refractivity contribution is -0.146. The van der Waals surface area contributed by atoms with Gasteiger partial charge in [0.05, 0.1) is 23.4 Å². The number of sulfone groups is 1. The van der Waals surface area contributed by atoms with E-state index in [4.69, 9.17) is 9.47 Å². The fourth-order valence-corrected chi connectivity index (χ4v) is 3.15. The van der Waals surface area contributed by atoms with Crippen molar-refractivity contribution in [1.29, 1.82) is 0 Å². The molecule has 1 aliphatic rings. The zero-order valence-electron chi connectivity index (χ0n) is 13.3. The molecule has 0 amide bonds. The molecule has 0 radical (unpaired) electrons. The van der Waals surface area contributed by atoms with Crippen LogP contribution in [0.4, 0.5) is 13.2 Å². The molecule has 0 atom stereocenters. The average molecular weight is 394 g/mol. The SMILES string of the molecule is CSC1COC(C=CC=Cc2ccc(S(=O)(=O)C(F)(F)F)cc2)OC1. The first kappa shape index (κ1) is 20.0. The second kappa shape index (κ2) is 8.39. The minimum atomic E-state index is -5.31. The molecule has 4 nitrogen and oxygen atoms in total. The fraction of sp³-hybridized carbons (Fsp3) is 0.375. The van der Waals surface area contributed by atoms with Crippen molar-refractivity contribution in [2.45, 2.75) is 21.9 Å². The maximum Gasteiger partial charge on any atom is 0.501 e. The van der Waals surface area contributed by atoms with E-state index >= 15 is 0 Å². The first-order valence-corrected chi connectivity index (χ1v) is 10.0. The molecule has 1 fully saturated rings. The molecular formula is C16H17F3O4S2. The van der Waals surface area contributed by atoms with Gasteiger partial charge >= 0.3 is 5.51 Å². The van der Waals surface area contributed by atoms with Gasteiger partial charge in [0.1, 0.15) is 0 Å². The second-order valence-electron chi connectivity index (χ2n) is 5.15. The Balaban J connectivity index is 1.93. The Morgan fingerprint density at radius 1 is 1.12 bits per heavy atom. The molecule has 0 bridgehead atoms. The zero-order chi connectivity index (χ0) is 18.5. The summed E-state index contributed by atoms with van der Waals surface area (Å²) >= 11 is 1.68. The molecule has 0 N–H and O–H groups in total. The number of halogens is 3. The molecule has 138 valence electrons. The summed E-state index contributed by atoms with van der Waals surface area (Å²) in [6.45, 7) is 1.21. The van der Waals surface area contributed by atoms with Crippen LogP contribution in [0.1, 0.15) is 5.56 Å². The van der Waals surface area contributed by atoms with E-state index in [9.17, 15) is 21.6 Å². The van der Waals surface area contributed by atoms with Gasteiger partial charge in [0, 0.05) is 0 Å². The van der Waals surface area contributed by atoms with Gasteiger partial charge in [0.15, 0.2) is 6.29 Å². The highest BCUT2D eigenvalue weighted by atomic mass is 32.2. The second-order valence-corrected chi connectivity index (χ2v) is 8.23. The lowest BCUT2D eigenvalue weighted by atomic mass is 10.2. The fourth-order valence-electron chi connectivity index (χ4n) is 1.96. The third-order valence-electron chi connectivity index (χ3n) is 3.39. The molecule has 25 heavy (non-hydrogen) atoms. The minimum Gasteiger partial charge on any atom is -0.348 e. The zero-order valence-corrected chi connectivity index (χ0v) is 14.9. The van der Waals surface area contributed by atoms with Crippen molar-refractivity contribution in [2.75, 3.05) is 19.5 Å². The summed E-state index contributed by atoms with van der Waals surface area (Å²) in [5, 5.41) is 0.326. The van der Waals surface area contributed by atoms with Crippen LogP contribution in [0.15, 0.2) is 47.4 Å². The largest absolute Gasteiger partial charge is 0.501 e. The van der Waals surface area contributed by atoms with Gasteiger partial charge < -0.3 is 9.47 Å². The molecule has 1 aliphatic heterocycles. The first-order valence-electron chi connectivity index (χ1n) is 7.26. The summed E-state index contributed by atoms with van der Waals surface area (Å²) in [4.78, 5) is -0.778. The summed E-state index contributed by atoms with van der Waals surface area (Å²) in [6, 6.07) is 4.48. The van der Waals surface area contributed by atoms with Crippen molar-refractivity contribution in [2.24, 2.45) is 0 Å². The maximum atomic E-state index is 12.5. The Hall–Kier alpha value is -1.29. The summed E-state index contributed by atoms with van der Waals surface area (Å²) < 4.78 is 70.9. The lowest BCUT2D eigenvalue weighted by Gasteiger charge is -2.26. The highest BCUT2D eigenvalue weighted by Crippen LogP contribution is 2.30. The van der Waals surface area contributed by atoms with Gasteiger partial charge in [0.2, 0.25) is 0 Å². The number of benzene rings is 1. The van der Waals surface area contributed by atoms with E-state index in [0.29, 0.717) is 24.0 Å². The van der Waals surface area contributed by atoms with Gasteiger partial charge in [-0.25, -0.2) is 8.42 Å². The van der Waals surface area contributed by atoms with E-state index in [1.54, 1.807) is 36.1 Å². The van der Waals surface area contributed by atoms with Crippen molar-refractivity contribution in [3.05, 3.63) is 48.1 Å². The van der Waals surface area contributed by atoms with E-state index in [2.05, 4.69) is 0 Å².